The minimum absolute atomic E-state index is 0.122. The van der Waals surface area contributed by atoms with Crippen molar-refractivity contribution in [1.82, 2.24) is 0 Å². The van der Waals surface area contributed by atoms with Crippen LogP contribution < -0.4 is 5.43 Å². The van der Waals surface area contributed by atoms with Crippen LogP contribution in [0.5, 0.6) is 0 Å². The van der Waals surface area contributed by atoms with Crippen LogP contribution in [0.25, 0.3) is 11.0 Å². The predicted molar refractivity (Wildman–Crippen MR) is 53.1 cm³/mol. The second-order valence-corrected chi connectivity index (χ2v) is 3.19. The molecule has 0 fully saturated rings. The molecule has 3 heteroatoms. The highest BCUT2D eigenvalue weighted by Gasteiger charge is 2.07. The van der Waals surface area contributed by atoms with Gasteiger partial charge in [-0.25, -0.2) is 0 Å². The van der Waals surface area contributed by atoms with Crippen LogP contribution in [0.15, 0.2) is 39.5 Å². The van der Waals surface area contributed by atoms with Crippen molar-refractivity contribution < 1.29 is 9.52 Å². The van der Waals surface area contributed by atoms with Gasteiger partial charge in [-0.1, -0.05) is 12.1 Å². The van der Waals surface area contributed by atoms with E-state index in [4.69, 9.17) is 4.42 Å². The van der Waals surface area contributed by atoms with Crippen LogP contribution in [0.3, 0.4) is 0 Å². The molecule has 72 valence electrons. The number of fused-ring (bicyclic) bond motifs is 1. The lowest BCUT2D eigenvalue weighted by Crippen LogP contribution is -2.03. The number of aliphatic hydroxyl groups is 1. The Balaban J connectivity index is 2.79. The molecule has 3 nitrogen and oxygen atoms in total. The summed E-state index contributed by atoms with van der Waals surface area (Å²) >= 11 is 0. The topological polar surface area (TPSA) is 50.4 Å². The SMILES string of the molecule is C[C@H](O)c1cc(=O)c2ccccc2o1. The first kappa shape index (κ1) is 8.97. The molecule has 14 heavy (non-hydrogen) atoms. The smallest absolute Gasteiger partial charge is 0.193 e. The lowest BCUT2D eigenvalue weighted by Gasteiger charge is -2.04. The lowest BCUT2D eigenvalue weighted by atomic mass is 10.2. The second kappa shape index (κ2) is 3.27. The van der Waals surface area contributed by atoms with Crippen LogP contribution in [0.4, 0.5) is 0 Å². The van der Waals surface area contributed by atoms with E-state index in [1.165, 1.54) is 6.07 Å². The summed E-state index contributed by atoms with van der Waals surface area (Å²) in [6, 6.07) is 8.31. The second-order valence-electron chi connectivity index (χ2n) is 3.19. The van der Waals surface area contributed by atoms with E-state index in [0.717, 1.165) is 0 Å². The van der Waals surface area contributed by atoms with Gasteiger partial charge < -0.3 is 9.52 Å². The Morgan fingerprint density at radius 3 is 2.79 bits per heavy atom. The Morgan fingerprint density at radius 1 is 1.36 bits per heavy atom. The van der Waals surface area contributed by atoms with Crippen molar-refractivity contribution in [3.05, 3.63) is 46.3 Å². The summed E-state index contributed by atoms with van der Waals surface area (Å²) in [7, 11) is 0. The van der Waals surface area contributed by atoms with Gasteiger partial charge in [-0.05, 0) is 19.1 Å². The highest BCUT2D eigenvalue weighted by atomic mass is 16.4. The third-order valence-corrected chi connectivity index (χ3v) is 2.07. The van der Waals surface area contributed by atoms with Gasteiger partial charge >= 0.3 is 0 Å². The molecule has 1 aromatic heterocycles. The molecule has 2 aromatic rings. The summed E-state index contributed by atoms with van der Waals surface area (Å²) in [6.45, 7) is 1.56. The van der Waals surface area contributed by atoms with E-state index >= 15 is 0 Å². The Kier molecular flexibility index (Phi) is 2.09. The molecule has 0 bridgehead atoms. The lowest BCUT2D eigenvalue weighted by molar-refractivity contribution is 0.170. The Bertz CT molecular complexity index is 511. The summed E-state index contributed by atoms with van der Waals surface area (Å²) in [5.41, 5.74) is 0.388. The van der Waals surface area contributed by atoms with Gasteiger partial charge in [0, 0.05) is 6.07 Å². The van der Waals surface area contributed by atoms with Crippen LogP contribution in [0.1, 0.15) is 18.8 Å². The van der Waals surface area contributed by atoms with Gasteiger partial charge in [0.25, 0.3) is 0 Å². The number of hydrogen-bond donors (Lipinski definition) is 1. The van der Waals surface area contributed by atoms with E-state index in [1.807, 2.05) is 0 Å². The molecule has 0 spiro atoms. The average molecular weight is 190 g/mol. The van der Waals surface area contributed by atoms with E-state index < -0.39 is 6.10 Å². The quantitative estimate of drug-likeness (QED) is 0.746. The zero-order valence-corrected chi connectivity index (χ0v) is 7.73. The summed E-state index contributed by atoms with van der Waals surface area (Å²) in [5, 5.41) is 9.81. The molecule has 1 N–H and O–H groups in total. The molecule has 1 aromatic carbocycles. The maximum absolute atomic E-state index is 11.5. The molecule has 0 amide bonds. The number of hydrogen-bond acceptors (Lipinski definition) is 3. The summed E-state index contributed by atoms with van der Waals surface area (Å²) in [6.07, 6.45) is -0.757. The van der Waals surface area contributed by atoms with E-state index in [9.17, 15) is 9.90 Å². The van der Waals surface area contributed by atoms with Crippen molar-refractivity contribution in [3.8, 4) is 0 Å². The molecule has 0 unspecified atom stereocenters. The molecule has 0 aliphatic rings. The summed E-state index contributed by atoms with van der Waals surface area (Å²) in [5.74, 6) is 0.300. The van der Waals surface area contributed by atoms with Gasteiger partial charge in [0.2, 0.25) is 0 Å². The maximum Gasteiger partial charge on any atom is 0.193 e. The third-order valence-electron chi connectivity index (χ3n) is 2.07. The third kappa shape index (κ3) is 1.42. The first-order valence-electron chi connectivity index (χ1n) is 4.39. The summed E-state index contributed by atoms with van der Waals surface area (Å²) < 4.78 is 5.35. The van der Waals surface area contributed by atoms with E-state index in [1.54, 1.807) is 31.2 Å². The Morgan fingerprint density at radius 2 is 2.07 bits per heavy atom. The molecular formula is C11H10O3. The summed E-state index contributed by atoms with van der Waals surface area (Å²) in [4.78, 5) is 11.5. The minimum atomic E-state index is -0.757. The molecule has 0 aliphatic carbocycles. The van der Waals surface area contributed by atoms with E-state index in [2.05, 4.69) is 0 Å². The van der Waals surface area contributed by atoms with Crippen LogP contribution in [0, 0.1) is 0 Å². The maximum atomic E-state index is 11.5. The normalized spacial score (nSPS) is 13.0. The first-order chi connectivity index (χ1) is 6.68. The van der Waals surface area contributed by atoms with E-state index in [-0.39, 0.29) is 5.43 Å². The van der Waals surface area contributed by atoms with Gasteiger partial charge in [-0.2, -0.15) is 0 Å². The Hall–Kier alpha value is -1.61. The van der Waals surface area contributed by atoms with Gasteiger partial charge in [0.05, 0.1) is 5.39 Å². The molecule has 0 radical (unpaired) electrons. The predicted octanol–water partition coefficient (Wildman–Crippen LogP) is 1.85. The number of para-hydroxylation sites is 1. The molecule has 0 saturated heterocycles. The van der Waals surface area contributed by atoms with Crippen LogP contribution in [0.2, 0.25) is 0 Å². The zero-order chi connectivity index (χ0) is 10.1. The van der Waals surface area contributed by atoms with Crippen LogP contribution in [-0.4, -0.2) is 5.11 Å². The van der Waals surface area contributed by atoms with Gasteiger partial charge in [-0.15, -0.1) is 0 Å². The van der Waals surface area contributed by atoms with Gasteiger partial charge in [-0.3, -0.25) is 4.79 Å². The van der Waals surface area contributed by atoms with Crippen molar-refractivity contribution in [2.75, 3.05) is 0 Å². The van der Waals surface area contributed by atoms with Crippen LogP contribution in [-0.2, 0) is 0 Å². The van der Waals surface area contributed by atoms with Crippen LogP contribution >= 0.6 is 0 Å². The minimum Gasteiger partial charge on any atom is -0.458 e. The number of rotatable bonds is 1. The van der Waals surface area contributed by atoms with Crippen molar-refractivity contribution in [2.24, 2.45) is 0 Å². The largest absolute Gasteiger partial charge is 0.458 e. The van der Waals surface area contributed by atoms with Gasteiger partial charge in [0.15, 0.2) is 5.43 Å². The van der Waals surface area contributed by atoms with Crippen molar-refractivity contribution >= 4 is 11.0 Å². The fourth-order valence-electron chi connectivity index (χ4n) is 1.33. The molecule has 1 heterocycles. The fraction of sp³-hybridized carbons (Fsp3) is 0.182. The standard InChI is InChI=1S/C11H10O3/c1-7(12)11-6-9(13)8-4-2-3-5-10(8)14-11/h2-7,12H,1H3/t7-/m0/s1. The molecule has 2 rings (SSSR count). The number of benzene rings is 1. The van der Waals surface area contributed by atoms with Gasteiger partial charge in [0.1, 0.15) is 17.4 Å². The highest BCUT2D eigenvalue weighted by molar-refractivity contribution is 5.76. The Labute approximate surface area is 80.6 Å². The molecule has 1 atom stereocenters. The van der Waals surface area contributed by atoms with Crippen molar-refractivity contribution in [3.63, 3.8) is 0 Å². The van der Waals surface area contributed by atoms with Crippen molar-refractivity contribution in [1.29, 1.82) is 0 Å². The number of aliphatic hydroxyl groups excluding tert-OH is 1. The monoisotopic (exact) mass is 190 g/mol. The molecule has 0 saturated carbocycles. The zero-order valence-electron chi connectivity index (χ0n) is 7.73. The van der Waals surface area contributed by atoms with Crippen molar-refractivity contribution in [2.45, 2.75) is 13.0 Å². The highest BCUT2D eigenvalue weighted by Crippen LogP contribution is 2.16. The average Bonchev–Trinajstić information content (AvgIpc) is 2.17. The fourth-order valence-corrected chi connectivity index (χ4v) is 1.33. The molecule has 0 aliphatic heterocycles. The first-order valence-corrected chi connectivity index (χ1v) is 4.39. The molecular weight excluding hydrogens is 180 g/mol. The van der Waals surface area contributed by atoms with E-state index in [0.29, 0.717) is 16.7 Å².